The summed E-state index contributed by atoms with van der Waals surface area (Å²) in [7, 11) is 3.49. The molecule has 0 saturated heterocycles. The van der Waals surface area contributed by atoms with Gasteiger partial charge in [-0.2, -0.15) is 0 Å². The summed E-state index contributed by atoms with van der Waals surface area (Å²) in [4.78, 5) is 18.2. The second-order valence-corrected chi connectivity index (χ2v) is 6.65. The van der Waals surface area contributed by atoms with Crippen molar-refractivity contribution < 1.29 is 9.53 Å². The highest BCUT2D eigenvalue weighted by Gasteiger charge is 2.07. The molecule has 0 bridgehead atoms. The molecule has 2 aromatic carbocycles. The van der Waals surface area contributed by atoms with Crippen molar-refractivity contribution in [2.24, 2.45) is 4.99 Å². The van der Waals surface area contributed by atoms with Gasteiger partial charge in [-0.15, -0.1) is 24.0 Å². The third-order valence-corrected chi connectivity index (χ3v) is 4.15. The lowest BCUT2D eigenvalue weighted by atomic mass is 10.1. The van der Waals surface area contributed by atoms with Gasteiger partial charge in [0.1, 0.15) is 12.4 Å². The number of para-hydroxylation sites is 1. The molecule has 0 fully saturated rings. The van der Waals surface area contributed by atoms with E-state index in [1.807, 2.05) is 55.5 Å². The Hall–Kier alpha value is -2.55. The number of aliphatic imine (C=N–C) groups is 1. The standard InChI is InChI=1S/C23H30N4O2.HI/c1-5-15-29-21-10-8-7-9-20(21)17-26-23(24-6-2)25-16-18-11-13-19(14-12-18)22(28)27(3)4;/h5,7-14H,1,6,15-17H2,2-4H3,(H2,24,25,26);1H. The first-order chi connectivity index (χ1) is 14.0. The zero-order valence-electron chi connectivity index (χ0n) is 17.9. The Bertz CT molecular complexity index is 835. The smallest absolute Gasteiger partial charge is 0.253 e. The predicted molar refractivity (Wildman–Crippen MR) is 134 cm³/mol. The zero-order chi connectivity index (χ0) is 21.1. The van der Waals surface area contributed by atoms with Gasteiger partial charge in [-0.05, 0) is 30.7 Å². The second kappa shape index (κ2) is 13.6. The molecule has 1 amide bonds. The van der Waals surface area contributed by atoms with Crippen molar-refractivity contribution in [2.45, 2.75) is 20.0 Å². The van der Waals surface area contributed by atoms with Crippen molar-refractivity contribution in [3.05, 3.63) is 77.9 Å². The molecule has 0 spiro atoms. The highest BCUT2D eigenvalue weighted by molar-refractivity contribution is 14.0. The van der Waals surface area contributed by atoms with E-state index in [1.165, 1.54) is 0 Å². The van der Waals surface area contributed by atoms with Gasteiger partial charge < -0.3 is 20.3 Å². The van der Waals surface area contributed by atoms with Crippen LogP contribution in [-0.4, -0.2) is 44.0 Å². The lowest BCUT2D eigenvalue weighted by Crippen LogP contribution is -2.36. The third-order valence-electron chi connectivity index (χ3n) is 4.15. The molecule has 0 saturated carbocycles. The molecule has 2 rings (SSSR count). The molecule has 2 N–H and O–H groups in total. The molecule has 0 atom stereocenters. The summed E-state index contributed by atoms with van der Waals surface area (Å²) in [5.41, 5.74) is 2.75. The van der Waals surface area contributed by atoms with Gasteiger partial charge >= 0.3 is 0 Å². The molecule has 0 aromatic heterocycles. The molecule has 30 heavy (non-hydrogen) atoms. The topological polar surface area (TPSA) is 66.0 Å². The minimum Gasteiger partial charge on any atom is -0.489 e. The third kappa shape index (κ3) is 8.06. The second-order valence-electron chi connectivity index (χ2n) is 6.65. The number of halogens is 1. The van der Waals surface area contributed by atoms with Gasteiger partial charge in [0, 0.05) is 38.3 Å². The Kier molecular flexibility index (Phi) is 11.6. The van der Waals surface area contributed by atoms with E-state index < -0.39 is 0 Å². The quantitative estimate of drug-likeness (QED) is 0.228. The largest absolute Gasteiger partial charge is 0.489 e. The molecule has 0 aliphatic carbocycles. The molecule has 0 aliphatic heterocycles. The Balaban J connectivity index is 0.00000450. The van der Waals surface area contributed by atoms with Crippen LogP contribution in [0, 0.1) is 0 Å². The van der Waals surface area contributed by atoms with Gasteiger partial charge in [0.25, 0.3) is 5.91 Å². The number of guanidine groups is 1. The molecule has 0 heterocycles. The van der Waals surface area contributed by atoms with Crippen LogP contribution < -0.4 is 15.4 Å². The minimum atomic E-state index is -0.00704. The summed E-state index contributed by atoms with van der Waals surface area (Å²) in [6.45, 7) is 8.05. The zero-order valence-corrected chi connectivity index (χ0v) is 20.2. The molecule has 0 radical (unpaired) electrons. The minimum absolute atomic E-state index is 0. The molecule has 162 valence electrons. The van der Waals surface area contributed by atoms with E-state index in [0.29, 0.717) is 25.3 Å². The SMILES string of the molecule is C=CCOc1ccccc1CNC(=NCc1ccc(C(=O)N(C)C)cc1)NCC.I. The normalized spacial score (nSPS) is 10.6. The van der Waals surface area contributed by atoms with Crippen LogP contribution in [0.5, 0.6) is 5.75 Å². The number of rotatable bonds is 9. The van der Waals surface area contributed by atoms with E-state index in [2.05, 4.69) is 22.2 Å². The van der Waals surface area contributed by atoms with E-state index >= 15 is 0 Å². The van der Waals surface area contributed by atoms with Gasteiger partial charge in [0.15, 0.2) is 5.96 Å². The molecule has 0 aliphatic rings. The first-order valence-corrected chi connectivity index (χ1v) is 9.69. The first-order valence-electron chi connectivity index (χ1n) is 9.69. The maximum absolute atomic E-state index is 12.0. The Morgan fingerprint density at radius 2 is 1.83 bits per heavy atom. The lowest BCUT2D eigenvalue weighted by molar-refractivity contribution is 0.0827. The number of amides is 1. The van der Waals surface area contributed by atoms with Crippen LogP contribution in [0.3, 0.4) is 0 Å². The Morgan fingerprint density at radius 1 is 1.13 bits per heavy atom. The number of carbonyl (C=O) groups excluding carboxylic acids is 1. The van der Waals surface area contributed by atoms with Crippen molar-refractivity contribution in [3.8, 4) is 5.75 Å². The predicted octanol–water partition coefficient (Wildman–Crippen LogP) is 3.83. The maximum atomic E-state index is 12.0. The van der Waals surface area contributed by atoms with Crippen LogP contribution in [0.4, 0.5) is 0 Å². The van der Waals surface area contributed by atoms with Crippen LogP contribution in [0.1, 0.15) is 28.4 Å². The summed E-state index contributed by atoms with van der Waals surface area (Å²) in [6.07, 6.45) is 1.73. The molecular formula is C23H31IN4O2. The van der Waals surface area contributed by atoms with Crippen LogP contribution in [0.15, 0.2) is 66.2 Å². The number of carbonyl (C=O) groups is 1. The van der Waals surface area contributed by atoms with Crippen LogP contribution in [0.25, 0.3) is 0 Å². The number of hydrogen-bond donors (Lipinski definition) is 2. The Morgan fingerprint density at radius 3 is 2.47 bits per heavy atom. The monoisotopic (exact) mass is 522 g/mol. The number of hydrogen-bond acceptors (Lipinski definition) is 3. The van der Waals surface area contributed by atoms with E-state index in [1.54, 1.807) is 25.1 Å². The fourth-order valence-electron chi connectivity index (χ4n) is 2.64. The average molecular weight is 522 g/mol. The summed E-state index contributed by atoms with van der Waals surface area (Å²) >= 11 is 0. The van der Waals surface area contributed by atoms with E-state index in [0.717, 1.165) is 29.4 Å². The van der Waals surface area contributed by atoms with Crippen LogP contribution >= 0.6 is 24.0 Å². The van der Waals surface area contributed by atoms with E-state index in [-0.39, 0.29) is 29.9 Å². The first kappa shape index (κ1) is 25.5. The lowest BCUT2D eigenvalue weighted by Gasteiger charge is -2.14. The molecule has 2 aromatic rings. The number of benzene rings is 2. The highest BCUT2D eigenvalue weighted by Crippen LogP contribution is 2.17. The molecule has 0 unspecified atom stereocenters. The van der Waals surface area contributed by atoms with Crippen molar-refractivity contribution in [1.82, 2.24) is 15.5 Å². The number of nitrogens with zero attached hydrogens (tertiary/aromatic N) is 2. The highest BCUT2D eigenvalue weighted by atomic mass is 127. The van der Waals surface area contributed by atoms with E-state index in [4.69, 9.17) is 4.74 Å². The van der Waals surface area contributed by atoms with Crippen LogP contribution in [-0.2, 0) is 13.1 Å². The average Bonchev–Trinajstić information content (AvgIpc) is 2.74. The number of nitrogens with one attached hydrogen (secondary N) is 2. The Labute approximate surface area is 196 Å². The van der Waals surface area contributed by atoms with Gasteiger partial charge in [0.2, 0.25) is 0 Å². The number of ether oxygens (including phenoxy) is 1. The van der Waals surface area contributed by atoms with Gasteiger partial charge in [0.05, 0.1) is 6.54 Å². The molecule has 7 heteroatoms. The summed E-state index contributed by atoms with van der Waals surface area (Å²) in [5, 5.41) is 6.59. The van der Waals surface area contributed by atoms with Gasteiger partial charge in [-0.25, -0.2) is 4.99 Å². The van der Waals surface area contributed by atoms with Crippen LogP contribution in [0.2, 0.25) is 0 Å². The molecular weight excluding hydrogens is 491 g/mol. The fourth-order valence-corrected chi connectivity index (χ4v) is 2.64. The van der Waals surface area contributed by atoms with Crippen molar-refractivity contribution >= 4 is 35.8 Å². The molecule has 6 nitrogen and oxygen atoms in total. The van der Waals surface area contributed by atoms with Gasteiger partial charge in [-0.3, -0.25) is 4.79 Å². The van der Waals surface area contributed by atoms with E-state index in [9.17, 15) is 4.79 Å². The summed E-state index contributed by atoms with van der Waals surface area (Å²) < 4.78 is 5.71. The van der Waals surface area contributed by atoms with Crippen molar-refractivity contribution in [2.75, 3.05) is 27.2 Å². The summed E-state index contributed by atoms with van der Waals surface area (Å²) in [5.74, 6) is 1.55. The van der Waals surface area contributed by atoms with Crippen molar-refractivity contribution in [1.29, 1.82) is 0 Å². The fraction of sp³-hybridized carbons (Fsp3) is 0.304. The summed E-state index contributed by atoms with van der Waals surface area (Å²) in [6, 6.07) is 15.4. The van der Waals surface area contributed by atoms with Crippen molar-refractivity contribution in [3.63, 3.8) is 0 Å². The van der Waals surface area contributed by atoms with Gasteiger partial charge in [-0.1, -0.05) is 43.0 Å². The maximum Gasteiger partial charge on any atom is 0.253 e.